The number of imidazole rings is 1. The molecule has 0 aliphatic carbocycles. The topological polar surface area (TPSA) is 30.7 Å². The van der Waals surface area contributed by atoms with E-state index >= 15 is 0 Å². The summed E-state index contributed by atoms with van der Waals surface area (Å²) in [5.74, 6) is 0.938. The Labute approximate surface area is 248 Å². The molecule has 0 radical (unpaired) electrons. The van der Waals surface area contributed by atoms with Crippen molar-refractivity contribution < 1.29 is 0 Å². The molecule has 6 aromatic carbocycles. The average Bonchev–Trinajstić information content (AvgIpc) is 3.45. The average molecular weight is 556 g/mol. The summed E-state index contributed by atoms with van der Waals surface area (Å²) >= 11 is 1.80. The van der Waals surface area contributed by atoms with Crippen molar-refractivity contribution >= 4 is 44.3 Å². The summed E-state index contributed by atoms with van der Waals surface area (Å²) in [6.07, 6.45) is 3.90. The SMILES string of the molecule is c1ccc(-c2c3ccccc3c(Sc3ccc(-c4nc5ccccc5n4-c4ccccc4)cc3)c3ccncc23)cc1. The minimum absolute atomic E-state index is 0.938. The van der Waals surface area contributed by atoms with Crippen molar-refractivity contribution in [1.29, 1.82) is 0 Å². The Morgan fingerprint density at radius 1 is 0.524 bits per heavy atom. The first kappa shape index (κ1) is 24.6. The number of para-hydroxylation sites is 3. The van der Waals surface area contributed by atoms with E-state index in [-0.39, 0.29) is 0 Å². The van der Waals surface area contributed by atoms with E-state index in [1.165, 1.54) is 37.1 Å². The molecule has 0 saturated heterocycles. The molecule has 4 heteroatoms. The molecule has 0 spiro atoms. The molecule has 0 amide bonds. The summed E-state index contributed by atoms with van der Waals surface area (Å²) in [7, 11) is 0. The number of nitrogens with zero attached hydrogens (tertiary/aromatic N) is 3. The maximum atomic E-state index is 5.04. The van der Waals surface area contributed by atoms with Gasteiger partial charge in [0.2, 0.25) is 0 Å². The van der Waals surface area contributed by atoms with Gasteiger partial charge in [-0.3, -0.25) is 9.55 Å². The first-order valence-electron chi connectivity index (χ1n) is 14.0. The molecule has 8 rings (SSSR count). The van der Waals surface area contributed by atoms with Crippen LogP contribution in [0.5, 0.6) is 0 Å². The van der Waals surface area contributed by atoms with E-state index in [4.69, 9.17) is 4.98 Å². The van der Waals surface area contributed by atoms with Crippen LogP contribution in [-0.4, -0.2) is 14.5 Å². The van der Waals surface area contributed by atoms with Crippen LogP contribution in [0.2, 0.25) is 0 Å². The fourth-order valence-corrected chi connectivity index (χ4v) is 6.94. The zero-order valence-electron chi connectivity index (χ0n) is 22.7. The fraction of sp³-hybridized carbons (Fsp3) is 0. The predicted molar refractivity (Wildman–Crippen MR) is 175 cm³/mol. The van der Waals surface area contributed by atoms with Crippen molar-refractivity contribution in [3.05, 3.63) is 152 Å². The third-order valence-electron chi connectivity index (χ3n) is 7.75. The molecule has 0 saturated carbocycles. The van der Waals surface area contributed by atoms with E-state index in [2.05, 4.69) is 137 Å². The molecule has 0 aliphatic heterocycles. The van der Waals surface area contributed by atoms with Crippen LogP contribution in [0, 0.1) is 0 Å². The monoisotopic (exact) mass is 555 g/mol. The highest BCUT2D eigenvalue weighted by molar-refractivity contribution is 7.99. The van der Waals surface area contributed by atoms with Gasteiger partial charge in [0.1, 0.15) is 5.82 Å². The van der Waals surface area contributed by atoms with Crippen LogP contribution < -0.4 is 0 Å². The molecule has 198 valence electrons. The third kappa shape index (κ3) is 4.16. The maximum absolute atomic E-state index is 5.04. The van der Waals surface area contributed by atoms with Crippen LogP contribution in [0.4, 0.5) is 0 Å². The highest BCUT2D eigenvalue weighted by Crippen LogP contribution is 2.45. The van der Waals surface area contributed by atoms with E-state index in [9.17, 15) is 0 Å². The molecule has 0 N–H and O–H groups in total. The van der Waals surface area contributed by atoms with Crippen molar-refractivity contribution in [2.75, 3.05) is 0 Å². The second-order valence-corrected chi connectivity index (χ2v) is 11.3. The summed E-state index contributed by atoms with van der Waals surface area (Å²) < 4.78 is 2.24. The Kier molecular flexibility index (Phi) is 6.05. The Hall–Kier alpha value is -5.19. The van der Waals surface area contributed by atoms with Gasteiger partial charge in [0.15, 0.2) is 0 Å². The highest BCUT2D eigenvalue weighted by Gasteiger charge is 2.17. The number of pyridine rings is 1. The molecule has 2 heterocycles. The van der Waals surface area contributed by atoms with Crippen LogP contribution in [-0.2, 0) is 0 Å². The van der Waals surface area contributed by atoms with Gasteiger partial charge < -0.3 is 0 Å². The summed E-state index contributed by atoms with van der Waals surface area (Å²) in [5, 5.41) is 4.86. The summed E-state index contributed by atoms with van der Waals surface area (Å²) in [6.45, 7) is 0. The lowest BCUT2D eigenvalue weighted by atomic mass is 9.93. The summed E-state index contributed by atoms with van der Waals surface area (Å²) in [4.78, 5) is 12.0. The summed E-state index contributed by atoms with van der Waals surface area (Å²) in [5.41, 5.74) is 6.70. The number of hydrogen-bond donors (Lipinski definition) is 0. The van der Waals surface area contributed by atoms with Crippen LogP contribution in [0.3, 0.4) is 0 Å². The molecular weight excluding hydrogens is 531 g/mol. The first-order valence-corrected chi connectivity index (χ1v) is 14.8. The smallest absolute Gasteiger partial charge is 0.145 e. The Bertz CT molecular complexity index is 2150. The molecule has 0 fully saturated rings. The number of hydrogen-bond acceptors (Lipinski definition) is 3. The minimum Gasteiger partial charge on any atom is -0.292 e. The van der Waals surface area contributed by atoms with E-state index in [0.29, 0.717) is 0 Å². The molecule has 0 aliphatic rings. The van der Waals surface area contributed by atoms with E-state index in [1.54, 1.807) is 11.8 Å². The highest BCUT2D eigenvalue weighted by atomic mass is 32.2. The standard InChI is InChI=1S/C38H25N3S/c1-3-11-26(12-4-1)36-30-15-7-8-16-31(30)37(32-23-24-39-25-33(32)36)42-29-21-19-27(20-22-29)38-40-34-17-9-10-18-35(34)41(38)28-13-5-2-6-14-28/h1-25H. The molecule has 0 unspecified atom stereocenters. The zero-order chi connectivity index (χ0) is 27.9. The normalized spacial score (nSPS) is 11.4. The van der Waals surface area contributed by atoms with Crippen molar-refractivity contribution in [2.45, 2.75) is 9.79 Å². The molecule has 2 aromatic heterocycles. The summed E-state index contributed by atoms with van der Waals surface area (Å²) in [6, 6.07) is 49.1. The van der Waals surface area contributed by atoms with Gasteiger partial charge in [0.05, 0.1) is 11.0 Å². The lowest BCUT2D eigenvalue weighted by molar-refractivity contribution is 1.10. The van der Waals surface area contributed by atoms with Crippen molar-refractivity contribution in [2.24, 2.45) is 0 Å². The Balaban J connectivity index is 1.25. The molecule has 42 heavy (non-hydrogen) atoms. The van der Waals surface area contributed by atoms with Gasteiger partial charge in [-0.2, -0.15) is 0 Å². The van der Waals surface area contributed by atoms with Gasteiger partial charge in [-0.1, -0.05) is 109 Å². The number of aromatic nitrogens is 3. The van der Waals surface area contributed by atoms with Crippen LogP contribution in [0.25, 0.3) is 60.8 Å². The lowest BCUT2D eigenvalue weighted by Gasteiger charge is -2.17. The van der Waals surface area contributed by atoms with Gasteiger partial charge in [-0.15, -0.1) is 0 Å². The van der Waals surface area contributed by atoms with Crippen LogP contribution >= 0.6 is 11.8 Å². The molecule has 0 bridgehead atoms. The van der Waals surface area contributed by atoms with Crippen LogP contribution in [0.1, 0.15) is 0 Å². The van der Waals surface area contributed by atoms with Gasteiger partial charge in [-0.25, -0.2) is 4.98 Å². The van der Waals surface area contributed by atoms with Crippen molar-refractivity contribution in [1.82, 2.24) is 14.5 Å². The molecule has 3 nitrogen and oxygen atoms in total. The van der Waals surface area contributed by atoms with E-state index in [1.807, 2.05) is 24.5 Å². The minimum atomic E-state index is 0.938. The second-order valence-electron chi connectivity index (χ2n) is 10.3. The maximum Gasteiger partial charge on any atom is 0.145 e. The predicted octanol–water partition coefficient (Wildman–Crippen LogP) is 10.2. The number of rotatable bonds is 5. The van der Waals surface area contributed by atoms with Gasteiger partial charge in [-0.05, 0) is 69.8 Å². The van der Waals surface area contributed by atoms with Gasteiger partial charge >= 0.3 is 0 Å². The van der Waals surface area contributed by atoms with Gasteiger partial charge in [0, 0.05) is 38.8 Å². The number of fused-ring (bicyclic) bond motifs is 3. The Morgan fingerprint density at radius 2 is 1.19 bits per heavy atom. The van der Waals surface area contributed by atoms with E-state index in [0.717, 1.165) is 33.5 Å². The number of benzene rings is 6. The first-order chi connectivity index (χ1) is 20.8. The van der Waals surface area contributed by atoms with Crippen molar-refractivity contribution in [3.63, 3.8) is 0 Å². The molecular formula is C38H25N3S. The quantitative estimate of drug-likeness (QED) is 0.198. The largest absolute Gasteiger partial charge is 0.292 e. The second kappa shape index (κ2) is 10.3. The van der Waals surface area contributed by atoms with Gasteiger partial charge in [0.25, 0.3) is 0 Å². The third-order valence-corrected chi connectivity index (χ3v) is 8.90. The van der Waals surface area contributed by atoms with E-state index < -0.39 is 0 Å². The van der Waals surface area contributed by atoms with Crippen molar-refractivity contribution in [3.8, 4) is 28.2 Å². The Morgan fingerprint density at radius 3 is 2.00 bits per heavy atom. The molecule has 0 atom stereocenters. The molecule has 8 aromatic rings. The fourth-order valence-electron chi connectivity index (χ4n) is 5.85. The lowest BCUT2D eigenvalue weighted by Crippen LogP contribution is -1.97. The zero-order valence-corrected chi connectivity index (χ0v) is 23.5. The van der Waals surface area contributed by atoms with Crippen LogP contribution in [0.15, 0.2) is 162 Å².